The third-order valence-electron chi connectivity index (χ3n) is 4.89. The standard InChI is InChI=1S/C21H18ClF6NO/c1-18(2,15-5-3-4-6-16(15)20(23,24)25)12-19(30,21(26,27)28)10-14-8-7-13(11-29)9-17(14)22/h3-9,30H,10,12H2,1-2H3. The normalized spacial score (nSPS) is 14.8. The summed E-state index contributed by atoms with van der Waals surface area (Å²) in [5, 5.41) is 19.3. The van der Waals surface area contributed by atoms with Crippen LogP contribution in [0.1, 0.15) is 42.5 Å². The van der Waals surface area contributed by atoms with Crippen molar-refractivity contribution >= 4 is 11.6 Å². The number of halogens is 7. The second-order valence-electron chi connectivity index (χ2n) is 7.73. The Morgan fingerprint density at radius 2 is 1.53 bits per heavy atom. The van der Waals surface area contributed by atoms with E-state index in [9.17, 15) is 31.4 Å². The van der Waals surface area contributed by atoms with E-state index in [0.29, 0.717) is 0 Å². The highest BCUT2D eigenvalue weighted by atomic mass is 35.5. The zero-order valence-corrected chi connectivity index (χ0v) is 16.8. The molecule has 0 saturated heterocycles. The quantitative estimate of drug-likeness (QED) is 0.534. The summed E-state index contributed by atoms with van der Waals surface area (Å²) in [7, 11) is 0. The van der Waals surface area contributed by atoms with Crippen molar-refractivity contribution in [2.24, 2.45) is 0 Å². The Balaban J connectivity index is 2.50. The predicted molar refractivity (Wildman–Crippen MR) is 100.0 cm³/mol. The fourth-order valence-electron chi connectivity index (χ4n) is 3.49. The van der Waals surface area contributed by atoms with Crippen molar-refractivity contribution < 1.29 is 31.4 Å². The first-order chi connectivity index (χ1) is 13.6. The number of hydrogen-bond donors (Lipinski definition) is 1. The molecule has 0 heterocycles. The highest BCUT2D eigenvalue weighted by Crippen LogP contribution is 2.46. The molecule has 2 nitrogen and oxygen atoms in total. The SMILES string of the molecule is CC(C)(CC(O)(Cc1ccc(C#N)cc1Cl)C(F)(F)F)c1ccccc1C(F)(F)F. The number of nitrogens with zero attached hydrogens (tertiary/aromatic N) is 1. The van der Waals surface area contributed by atoms with Gasteiger partial charge < -0.3 is 5.11 Å². The van der Waals surface area contributed by atoms with Gasteiger partial charge in [-0.15, -0.1) is 0 Å². The molecule has 1 unspecified atom stereocenters. The lowest BCUT2D eigenvalue weighted by Crippen LogP contribution is -2.51. The van der Waals surface area contributed by atoms with Crippen molar-refractivity contribution in [1.82, 2.24) is 0 Å². The first kappa shape index (κ1) is 24.0. The molecule has 0 fully saturated rings. The first-order valence-corrected chi connectivity index (χ1v) is 9.13. The van der Waals surface area contributed by atoms with Gasteiger partial charge in [0, 0.05) is 11.4 Å². The largest absolute Gasteiger partial charge is 0.417 e. The minimum Gasteiger partial charge on any atom is -0.380 e. The summed E-state index contributed by atoms with van der Waals surface area (Å²) in [6.45, 7) is 2.43. The lowest BCUT2D eigenvalue weighted by atomic mass is 9.71. The number of benzene rings is 2. The smallest absolute Gasteiger partial charge is 0.380 e. The molecular weight excluding hydrogens is 432 g/mol. The highest BCUT2D eigenvalue weighted by Gasteiger charge is 2.56. The first-order valence-electron chi connectivity index (χ1n) is 8.75. The van der Waals surface area contributed by atoms with E-state index in [2.05, 4.69) is 0 Å². The van der Waals surface area contributed by atoms with Crippen molar-refractivity contribution in [2.75, 3.05) is 0 Å². The fourth-order valence-corrected chi connectivity index (χ4v) is 3.73. The monoisotopic (exact) mass is 449 g/mol. The lowest BCUT2D eigenvalue weighted by molar-refractivity contribution is -0.266. The van der Waals surface area contributed by atoms with E-state index in [-0.39, 0.29) is 21.7 Å². The second kappa shape index (κ2) is 8.12. The number of nitriles is 1. The van der Waals surface area contributed by atoms with Gasteiger partial charge in [0.2, 0.25) is 0 Å². The molecule has 0 saturated carbocycles. The Hall–Kier alpha value is -2.24. The van der Waals surface area contributed by atoms with Crippen LogP contribution in [0.25, 0.3) is 0 Å². The van der Waals surface area contributed by atoms with E-state index < -0.39 is 41.8 Å². The van der Waals surface area contributed by atoms with Gasteiger partial charge in [0.25, 0.3) is 0 Å². The van der Waals surface area contributed by atoms with Gasteiger partial charge in [0.15, 0.2) is 5.60 Å². The van der Waals surface area contributed by atoms with Crippen LogP contribution in [-0.2, 0) is 18.0 Å². The number of aliphatic hydroxyl groups is 1. The van der Waals surface area contributed by atoms with Gasteiger partial charge in [0.05, 0.1) is 17.2 Å². The van der Waals surface area contributed by atoms with Crippen LogP contribution in [0.4, 0.5) is 26.3 Å². The Kier molecular flexibility index (Phi) is 6.51. The topological polar surface area (TPSA) is 44.0 Å². The zero-order valence-electron chi connectivity index (χ0n) is 16.0. The minimum absolute atomic E-state index is 0.0737. The van der Waals surface area contributed by atoms with Crippen LogP contribution in [0.15, 0.2) is 42.5 Å². The predicted octanol–water partition coefficient (Wildman–Crippen LogP) is 6.43. The lowest BCUT2D eigenvalue weighted by Gasteiger charge is -2.39. The van der Waals surface area contributed by atoms with Gasteiger partial charge in [-0.1, -0.05) is 49.7 Å². The molecule has 1 N–H and O–H groups in total. The molecule has 162 valence electrons. The number of alkyl halides is 6. The minimum atomic E-state index is -5.14. The van der Waals surface area contributed by atoms with E-state index in [1.807, 2.05) is 0 Å². The summed E-state index contributed by atoms with van der Waals surface area (Å²) in [6, 6.07) is 9.75. The molecule has 1 atom stereocenters. The molecule has 0 aliphatic heterocycles. The number of hydrogen-bond acceptors (Lipinski definition) is 2. The number of rotatable bonds is 5. The zero-order chi connectivity index (χ0) is 23.0. The molecular formula is C21H18ClF6NO. The molecule has 0 bridgehead atoms. The van der Waals surface area contributed by atoms with Crippen LogP contribution >= 0.6 is 11.6 Å². The van der Waals surface area contributed by atoms with Gasteiger partial charge in [0.1, 0.15) is 0 Å². The Morgan fingerprint density at radius 1 is 0.967 bits per heavy atom. The van der Waals surface area contributed by atoms with Crippen molar-refractivity contribution in [3.63, 3.8) is 0 Å². The molecule has 0 aromatic heterocycles. The van der Waals surface area contributed by atoms with Crippen molar-refractivity contribution in [3.8, 4) is 6.07 Å². The van der Waals surface area contributed by atoms with E-state index >= 15 is 0 Å². The van der Waals surface area contributed by atoms with E-state index in [4.69, 9.17) is 16.9 Å². The molecule has 0 amide bonds. The van der Waals surface area contributed by atoms with Crippen molar-refractivity contribution in [1.29, 1.82) is 5.26 Å². The maximum atomic E-state index is 13.9. The second-order valence-corrected chi connectivity index (χ2v) is 8.14. The highest BCUT2D eigenvalue weighted by molar-refractivity contribution is 6.31. The summed E-state index contributed by atoms with van der Waals surface area (Å²) in [4.78, 5) is 0. The van der Waals surface area contributed by atoms with E-state index in [0.717, 1.165) is 24.3 Å². The summed E-state index contributed by atoms with van der Waals surface area (Å²) >= 11 is 5.96. The molecule has 2 aromatic carbocycles. The molecule has 2 rings (SSSR count). The summed E-state index contributed by atoms with van der Waals surface area (Å²) in [5.74, 6) is 0. The molecule has 9 heteroatoms. The maximum Gasteiger partial charge on any atom is 0.417 e. The maximum absolute atomic E-state index is 13.9. The summed E-state index contributed by atoms with van der Waals surface area (Å²) < 4.78 is 81.8. The fraction of sp³-hybridized carbons (Fsp3) is 0.381. The third-order valence-corrected chi connectivity index (χ3v) is 5.24. The molecule has 0 radical (unpaired) electrons. The van der Waals surface area contributed by atoms with Crippen molar-refractivity contribution in [3.05, 3.63) is 69.7 Å². The van der Waals surface area contributed by atoms with Crippen LogP contribution in [0.3, 0.4) is 0 Å². The Bertz CT molecular complexity index is 961. The third kappa shape index (κ3) is 5.08. The van der Waals surface area contributed by atoms with Crippen LogP contribution in [0.5, 0.6) is 0 Å². The van der Waals surface area contributed by atoms with Crippen LogP contribution in [0.2, 0.25) is 5.02 Å². The van der Waals surface area contributed by atoms with Crippen molar-refractivity contribution in [2.45, 2.75) is 50.1 Å². The van der Waals surface area contributed by atoms with Gasteiger partial charge in [-0.3, -0.25) is 0 Å². The van der Waals surface area contributed by atoms with Gasteiger partial charge >= 0.3 is 12.4 Å². The van der Waals surface area contributed by atoms with Gasteiger partial charge in [-0.2, -0.15) is 31.6 Å². The molecule has 2 aromatic rings. The van der Waals surface area contributed by atoms with E-state index in [1.165, 1.54) is 32.0 Å². The Morgan fingerprint density at radius 3 is 2.00 bits per heavy atom. The summed E-state index contributed by atoms with van der Waals surface area (Å²) in [5.41, 5.74) is -6.40. The van der Waals surface area contributed by atoms with Crippen LogP contribution < -0.4 is 0 Å². The van der Waals surface area contributed by atoms with Crippen LogP contribution in [-0.4, -0.2) is 16.9 Å². The Labute approximate surface area is 174 Å². The average molecular weight is 450 g/mol. The molecule has 0 aliphatic carbocycles. The van der Waals surface area contributed by atoms with Gasteiger partial charge in [-0.25, -0.2) is 0 Å². The summed E-state index contributed by atoms with van der Waals surface area (Å²) in [6.07, 6.45) is -11.9. The molecule has 0 spiro atoms. The molecule has 30 heavy (non-hydrogen) atoms. The van der Waals surface area contributed by atoms with E-state index in [1.54, 1.807) is 6.07 Å². The molecule has 0 aliphatic rings. The van der Waals surface area contributed by atoms with Gasteiger partial charge in [-0.05, 0) is 41.2 Å². The van der Waals surface area contributed by atoms with Crippen LogP contribution in [0, 0.1) is 11.3 Å². The average Bonchev–Trinajstić information content (AvgIpc) is 2.61.